The summed E-state index contributed by atoms with van der Waals surface area (Å²) in [4.78, 5) is 11.6. The maximum atomic E-state index is 4.63. The maximum Gasteiger partial charge on any atom is 0.136 e. The number of benzene rings is 1. The summed E-state index contributed by atoms with van der Waals surface area (Å²) >= 11 is 0. The highest BCUT2D eigenvalue weighted by molar-refractivity contribution is 5.66. The largest absolute Gasteiger partial charge is 0.356 e. The van der Waals surface area contributed by atoms with Crippen molar-refractivity contribution in [3.63, 3.8) is 0 Å². The number of anilines is 3. The Morgan fingerprint density at radius 3 is 2.17 bits per heavy atom. The summed E-state index contributed by atoms with van der Waals surface area (Å²) in [6, 6.07) is 6.49. The molecule has 1 saturated heterocycles. The van der Waals surface area contributed by atoms with E-state index >= 15 is 0 Å². The molecule has 1 aliphatic rings. The molecule has 0 bridgehead atoms. The Balaban J connectivity index is 1.90. The molecule has 3 rings (SSSR count). The number of nitrogens with one attached hydrogen (secondary N) is 1. The van der Waals surface area contributed by atoms with Crippen LogP contribution in [-0.2, 0) is 0 Å². The van der Waals surface area contributed by atoms with Gasteiger partial charge in [-0.1, -0.05) is 17.7 Å². The molecule has 1 aromatic heterocycles. The summed E-state index contributed by atoms with van der Waals surface area (Å²) in [6.45, 7) is 10.6. The van der Waals surface area contributed by atoms with Gasteiger partial charge in [0.05, 0.1) is 0 Å². The van der Waals surface area contributed by atoms with Crippen molar-refractivity contribution in [2.75, 3.05) is 23.3 Å². The highest BCUT2D eigenvalue weighted by Crippen LogP contribution is 2.27. The average molecular weight is 310 g/mol. The fourth-order valence-corrected chi connectivity index (χ4v) is 3.41. The average Bonchev–Trinajstić information content (AvgIpc) is 2.51. The second-order valence-electron chi connectivity index (χ2n) is 6.61. The van der Waals surface area contributed by atoms with Crippen LogP contribution in [0.15, 0.2) is 18.2 Å². The number of aryl methyl sites for hydroxylation is 4. The Bertz CT molecular complexity index is 680. The zero-order valence-electron chi connectivity index (χ0n) is 14.6. The highest BCUT2D eigenvalue weighted by Gasteiger charge is 2.14. The zero-order chi connectivity index (χ0) is 16.4. The summed E-state index contributed by atoms with van der Waals surface area (Å²) < 4.78 is 0. The summed E-state index contributed by atoms with van der Waals surface area (Å²) in [6.07, 6.45) is 3.83. The number of hydrogen-bond acceptors (Lipinski definition) is 4. The van der Waals surface area contributed by atoms with Crippen molar-refractivity contribution in [1.82, 2.24) is 9.97 Å². The lowest BCUT2D eigenvalue weighted by Crippen LogP contribution is -2.30. The van der Waals surface area contributed by atoms with E-state index in [9.17, 15) is 0 Å². The minimum Gasteiger partial charge on any atom is -0.356 e. The Morgan fingerprint density at radius 1 is 0.870 bits per heavy atom. The minimum absolute atomic E-state index is 0.818. The Morgan fingerprint density at radius 2 is 1.52 bits per heavy atom. The summed E-state index contributed by atoms with van der Waals surface area (Å²) in [5.41, 5.74) is 4.94. The van der Waals surface area contributed by atoms with Gasteiger partial charge in [0.25, 0.3) is 0 Å². The molecule has 122 valence electrons. The van der Waals surface area contributed by atoms with Gasteiger partial charge in [0.2, 0.25) is 0 Å². The van der Waals surface area contributed by atoms with Crippen LogP contribution in [0.1, 0.15) is 41.8 Å². The lowest BCUT2D eigenvalue weighted by Gasteiger charge is -2.28. The summed E-state index contributed by atoms with van der Waals surface area (Å²) in [5.74, 6) is 2.74. The molecule has 4 nitrogen and oxygen atoms in total. The van der Waals surface area contributed by atoms with Gasteiger partial charge in [-0.3, -0.25) is 0 Å². The van der Waals surface area contributed by atoms with E-state index < -0.39 is 0 Å². The summed E-state index contributed by atoms with van der Waals surface area (Å²) in [5, 5.41) is 3.51. The molecule has 4 heteroatoms. The molecule has 0 unspecified atom stereocenters. The SMILES string of the molecule is Cc1cc(C)c(Nc2cc(N3CCCCC3)nc(C)n2)c(C)c1. The van der Waals surface area contributed by atoms with Crippen molar-refractivity contribution in [3.05, 3.63) is 40.7 Å². The minimum atomic E-state index is 0.818. The molecule has 0 atom stereocenters. The van der Waals surface area contributed by atoms with Crippen LogP contribution >= 0.6 is 0 Å². The fraction of sp³-hybridized carbons (Fsp3) is 0.474. The molecule has 2 aromatic rings. The van der Waals surface area contributed by atoms with Crippen LogP contribution in [-0.4, -0.2) is 23.1 Å². The molecule has 0 aliphatic carbocycles. The van der Waals surface area contributed by atoms with Crippen LogP contribution in [0.4, 0.5) is 17.3 Å². The monoisotopic (exact) mass is 310 g/mol. The standard InChI is InChI=1S/C19H26N4/c1-13-10-14(2)19(15(3)11-13)22-17-12-18(21-16(4)20-17)23-8-6-5-7-9-23/h10-12H,5-9H2,1-4H3,(H,20,21,22). The lowest BCUT2D eigenvalue weighted by atomic mass is 10.1. The second-order valence-corrected chi connectivity index (χ2v) is 6.61. The first-order valence-corrected chi connectivity index (χ1v) is 8.48. The molecule has 1 N–H and O–H groups in total. The van der Waals surface area contributed by atoms with Crippen molar-refractivity contribution in [3.8, 4) is 0 Å². The van der Waals surface area contributed by atoms with Crippen molar-refractivity contribution in [1.29, 1.82) is 0 Å². The van der Waals surface area contributed by atoms with Gasteiger partial charge in [-0.25, -0.2) is 9.97 Å². The van der Waals surface area contributed by atoms with Crippen LogP contribution in [0.5, 0.6) is 0 Å². The smallest absolute Gasteiger partial charge is 0.136 e. The molecule has 0 saturated carbocycles. The topological polar surface area (TPSA) is 41.0 Å². The van der Waals surface area contributed by atoms with E-state index in [0.29, 0.717) is 0 Å². The molecular weight excluding hydrogens is 284 g/mol. The Labute approximate surface area is 139 Å². The van der Waals surface area contributed by atoms with Crippen LogP contribution in [0, 0.1) is 27.7 Å². The first-order valence-electron chi connectivity index (χ1n) is 8.48. The Kier molecular flexibility index (Phi) is 4.51. The van der Waals surface area contributed by atoms with Crippen LogP contribution in [0.25, 0.3) is 0 Å². The van der Waals surface area contributed by atoms with Gasteiger partial charge in [0.1, 0.15) is 17.5 Å². The molecule has 0 radical (unpaired) electrons. The maximum absolute atomic E-state index is 4.63. The van der Waals surface area contributed by atoms with Crippen LogP contribution in [0.3, 0.4) is 0 Å². The van der Waals surface area contributed by atoms with Gasteiger partial charge < -0.3 is 10.2 Å². The molecule has 0 amide bonds. The quantitative estimate of drug-likeness (QED) is 0.909. The highest BCUT2D eigenvalue weighted by atomic mass is 15.2. The van der Waals surface area contributed by atoms with Gasteiger partial charge in [0, 0.05) is 24.8 Å². The van der Waals surface area contributed by atoms with Gasteiger partial charge >= 0.3 is 0 Å². The molecule has 1 aromatic carbocycles. The van der Waals surface area contributed by atoms with E-state index in [0.717, 1.165) is 36.2 Å². The van der Waals surface area contributed by atoms with E-state index in [4.69, 9.17) is 0 Å². The fourth-order valence-electron chi connectivity index (χ4n) is 3.41. The van der Waals surface area contributed by atoms with Crippen LogP contribution in [0.2, 0.25) is 0 Å². The third-order valence-electron chi connectivity index (χ3n) is 4.43. The van der Waals surface area contributed by atoms with E-state index in [1.165, 1.54) is 36.0 Å². The second kappa shape index (κ2) is 6.57. The van der Waals surface area contributed by atoms with Gasteiger partial charge in [-0.05, 0) is 58.1 Å². The van der Waals surface area contributed by atoms with Crippen molar-refractivity contribution < 1.29 is 0 Å². The van der Waals surface area contributed by atoms with E-state index in [1.54, 1.807) is 0 Å². The van der Waals surface area contributed by atoms with Crippen LogP contribution < -0.4 is 10.2 Å². The van der Waals surface area contributed by atoms with Gasteiger partial charge in [-0.2, -0.15) is 0 Å². The van der Waals surface area contributed by atoms with Crippen molar-refractivity contribution >= 4 is 17.3 Å². The van der Waals surface area contributed by atoms with Gasteiger partial charge in [-0.15, -0.1) is 0 Å². The lowest BCUT2D eigenvalue weighted by molar-refractivity contribution is 0.572. The number of aromatic nitrogens is 2. The number of piperidine rings is 1. The zero-order valence-corrected chi connectivity index (χ0v) is 14.6. The third kappa shape index (κ3) is 3.63. The Hall–Kier alpha value is -2.10. The number of nitrogens with zero attached hydrogens (tertiary/aromatic N) is 3. The van der Waals surface area contributed by atoms with E-state index in [-0.39, 0.29) is 0 Å². The normalized spacial score (nSPS) is 14.9. The molecule has 1 fully saturated rings. The van der Waals surface area contributed by atoms with E-state index in [2.05, 4.69) is 59.2 Å². The first kappa shape index (κ1) is 15.8. The molecule has 2 heterocycles. The predicted octanol–water partition coefficient (Wildman–Crippen LogP) is 4.44. The third-order valence-corrected chi connectivity index (χ3v) is 4.43. The van der Waals surface area contributed by atoms with Gasteiger partial charge in [0.15, 0.2) is 0 Å². The van der Waals surface area contributed by atoms with Crippen molar-refractivity contribution in [2.24, 2.45) is 0 Å². The summed E-state index contributed by atoms with van der Waals surface area (Å²) in [7, 11) is 0. The number of rotatable bonds is 3. The van der Waals surface area contributed by atoms with Crippen molar-refractivity contribution in [2.45, 2.75) is 47.0 Å². The molecular formula is C19H26N4. The number of hydrogen-bond donors (Lipinski definition) is 1. The predicted molar refractivity (Wildman–Crippen MR) is 96.8 cm³/mol. The molecule has 23 heavy (non-hydrogen) atoms. The molecule has 0 spiro atoms. The van der Waals surface area contributed by atoms with E-state index in [1.807, 2.05) is 6.92 Å². The first-order chi connectivity index (χ1) is 11.0. The molecule has 1 aliphatic heterocycles.